The lowest BCUT2D eigenvalue weighted by atomic mass is 9.54. The van der Waals surface area contributed by atoms with Crippen molar-refractivity contribution in [2.75, 3.05) is 9.80 Å². The molecule has 1 aliphatic rings. The van der Waals surface area contributed by atoms with Crippen molar-refractivity contribution >= 4 is 50.8 Å². The predicted octanol–water partition coefficient (Wildman–Crippen LogP) is 18.0. The average molecular weight is 899 g/mol. The Labute approximate surface area is 413 Å². The number of benzene rings is 10. The summed E-state index contributed by atoms with van der Waals surface area (Å²) in [6, 6.07) is 102. The summed E-state index contributed by atoms with van der Waals surface area (Å²) in [6.45, 7) is 4.28. The fourth-order valence-electron chi connectivity index (χ4n) is 10.6. The number of para-hydroxylation sites is 2. The summed E-state index contributed by atoms with van der Waals surface area (Å²) in [6.07, 6.45) is 2.58. The number of hydrogen-bond donors (Lipinski definition) is 0. The maximum absolute atomic E-state index is 2.58. The zero-order chi connectivity index (χ0) is 47.3. The highest BCUT2D eigenvalue weighted by atomic mass is 15.1. The molecular weight excluding hydrogens is 845 g/mol. The Kier molecular flexibility index (Phi) is 12.2. The zero-order valence-electron chi connectivity index (χ0n) is 39.6. The second-order valence-corrected chi connectivity index (χ2v) is 18.2. The third-order valence-electron chi connectivity index (χ3n) is 13.9. The van der Waals surface area contributed by atoms with Gasteiger partial charge < -0.3 is 9.80 Å². The maximum Gasteiger partial charge on any atom is 0.0566 e. The lowest BCUT2D eigenvalue weighted by Crippen LogP contribution is -2.39. The first-order valence-corrected chi connectivity index (χ1v) is 24.3. The van der Waals surface area contributed by atoms with Gasteiger partial charge in [0.2, 0.25) is 0 Å². The molecule has 2 nitrogen and oxygen atoms in total. The number of nitrogens with zero attached hydrogens (tertiary/aromatic N) is 2. The van der Waals surface area contributed by atoms with E-state index in [1.165, 1.54) is 55.7 Å². The van der Waals surface area contributed by atoms with Crippen LogP contribution in [0, 0.1) is 13.8 Å². The molecule has 0 amide bonds. The van der Waals surface area contributed by atoms with Crippen molar-refractivity contribution in [3.63, 3.8) is 0 Å². The lowest BCUT2D eigenvalue weighted by molar-refractivity contribution is 0.587. The van der Waals surface area contributed by atoms with Crippen LogP contribution < -0.4 is 9.80 Å². The van der Waals surface area contributed by atoms with Gasteiger partial charge in [0.1, 0.15) is 0 Å². The van der Waals surface area contributed by atoms with Gasteiger partial charge in [-0.1, -0.05) is 223 Å². The standard InChI is InChI=1S/C68H54N2/c1-50-33-41-60(42-34-50)69(58-29-17-7-18-30-58)62-45-37-52(38-46-62)64-49-65(53-21-9-3-10-22-53)68(56-27-15-6-16-28-56,67(55-25-13-5-14-26-55)66(64)54-23-11-4-12-24-54)57-39-47-63(48-40-57)70(59-31-19-8-20-32-59)61-43-35-51(2)36-44-61/h3-49,65H,1-2H3. The van der Waals surface area contributed by atoms with E-state index in [1.54, 1.807) is 0 Å². The van der Waals surface area contributed by atoms with Crippen LogP contribution in [0.3, 0.4) is 0 Å². The van der Waals surface area contributed by atoms with Crippen molar-refractivity contribution in [1.82, 2.24) is 0 Å². The van der Waals surface area contributed by atoms with Crippen LogP contribution in [-0.2, 0) is 5.41 Å². The van der Waals surface area contributed by atoms with Gasteiger partial charge in [-0.05, 0) is 137 Å². The van der Waals surface area contributed by atoms with E-state index in [2.05, 4.69) is 309 Å². The molecule has 10 aromatic rings. The van der Waals surface area contributed by atoms with Gasteiger partial charge in [0.05, 0.1) is 5.41 Å². The highest BCUT2D eigenvalue weighted by Gasteiger charge is 2.50. The molecule has 0 aromatic heterocycles. The molecule has 0 bridgehead atoms. The quantitative estimate of drug-likeness (QED) is 0.121. The van der Waals surface area contributed by atoms with Crippen LogP contribution in [0.1, 0.15) is 50.4 Å². The molecule has 70 heavy (non-hydrogen) atoms. The molecular formula is C68H54N2. The van der Waals surface area contributed by atoms with Gasteiger partial charge in [-0.2, -0.15) is 0 Å². The van der Waals surface area contributed by atoms with Crippen molar-refractivity contribution in [2.45, 2.75) is 25.2 Å². The largest absolute Gasteiger partial charge is 0.311 e. The SMILES string of the molecule is Cc1ccc(N(c2ccccc2)c2ccc(C3=CC(c4ccccc4)C(c4ccccc4)(c4ccc(N(c5ccccc5)c5ccc(C)cc5)cc4)C(c4ccccc4)=C3c3ccccc3)cc2)cc1. The molecule has 0 fully saturated rings. The highest BCUT2D eigenvalue weighted by molar-refractivity contribution is 6.19. The Morgan fingerprint density at radius 1 is 0.300 bits per heavy atom. The Balaban J connectivity index is 1.18. The fraction of sp³-hybridized carbons (Fsp3) is 0.0588. The van der Waals surface area contributed by atoms with Crippen LogP contribution in [0.4, 0.5) is 34.1 Å². The first-order chi connectivity index (χ1) is 34.6. The van der Waals surface area contributed by atoms with Crippen LogP contribution in [0.25, 0.3) is 16.7 Å². The molecule has 336 valence electrons. The molecule has 0 saturated carbocycles. The smallest absolute Gasteiger partial charge is 0.0566 e. The first kappa shape index (κ1) is 43.8. The van der Waals surface area contributed by atoms with Gasteiger partial charge in [-0.15, -0.1) is 0 Å². The van der Waals surface area contributed by atoms with E-state index < -0.39 is 5.41 Å². The highest BCUT2D eigenvalue weighted by Crippen LogP contribution is 2.61. The Bertz CT molecular complexity index is 3370. The van der Waals surface area contributed by atoms with Gasteiger partial charge in [-0.3, -0.25) is 0 Å². The van der Waals surface area contributed by atoms with Crippen LogP contribution >= 0.6 is 0 Å². The van der Waals surface area contributed by atoms with Crippen LogP contribution in [0.5, 0.6) is 0 Å². The molecule has 1 aliphatic carbocycles. The monoisotopic (exact) mass is 898 g/mol. The summed E-state index contributed by atoms with van der Waals surface area (Å²) >= 11 is 0. The number of anilines is 6. The molecule has 0 N–H and O–H groups in total. The molecule has 0 aliphatic heterocycles. The van der Waals surface area contributed by atoms with E-state index in [-0.39, 0.29) is 5.92 Å². The van der Waals surface area contributed by atoms with Crippen LogP contribution in [0.15, 0.2) is 285 Å². The number of hydrogen-bond acceptors (Lipinski definition) is 2. The minimum atomic E-state index is -0.700. The number of allylic oxidation sites excluding steroid dienone is 4. The molecule has 2 unspecified atom stereocenters. The van der Waals surface area contributed by atoms with E-state index in [1.807, 2.05) is 0 Å². The summed E-state index contributed by atoms with van der Waals surface area (Å²) in [7, 11) is 0. The van der Waals surface area contributed by atoms with Gasteiger partial charge in [0, 0.05) is 40.0 Å². The van der Waals surface area contributed by atoms with Gasteiger partial charge in [-0.25, -0.2) is 0 Å². The summed E-state index contributed by atoms with van der Waals surface area (Å²) in [5, 5.41) is 0. The van der Waals surface area contributed by atoms with Crippen LogP contribution in [0.2, 0.25) is 0 Å². The Morgan fingerprint density at radius 3 is 1.10 bits per heavy atom. The Morgan fingerprint density at radius 2 is 0.643 bits per heavy atom. The van der Waals surface area contributed by atoms with Gasteiger partial charge in [0.15, 0.2) is 0 Å². The zero-order valence-corrected chi connectivity index (χ0v) is 39.6. The number of aryl methyl sites for hydroxylation is 2. The lowest BCUT2D eigenvalue weighted by Gasteiger charge is -2.48. The van der Waals surface area contributed by atoms with Gasteiger partial charge in [0.25, 0.3) is 0 Å². The average Bonchev–Trinajstić information content (AvgIpc) is 3.43. The third kappa shape index (κ3) is 8.35. The topological polar surface area (TPSA) is 6.48 Å². The van der Waals surface area contributed by atoms with E-state index in [0.29, 0.717) is 0 Å². The number of rotatable bonds is 12. The van der Waals surface area contributed by atoms with E-state index in [4.69, 9.17) is 0 Å². The second-order valence-electron chi connectivity index (χ2n) is 18.2. The molecule has 11 rings (SSSR count). The van der Waals surface area contributed by atoms with Crippen molar-refractivity contribution in [3.05, 3.63) is 330 Å². The fourth-order valence-corrected chi connectivity index (χ4v) is 10.6. The summed E-state index contributed by atoms with van der Waals surface area (Å²) < 4.78 is 0. The summed E-state index contributed by atoms with van der Waals surface area (Å²) in [5.74, 6) is -0.130. The van der Waals surface area contributed by atoms with E-state index in [9.17, 15) is 0 Å². The van der Waals surface area contributed by atoms with E-state index >= 15 is 0 Å². The molecule has 0 radical (unpaired) electrons. The van der Waals surface area contributed by atoms with Crippen LogP contribution in [-0.4, -0.2) is 0 Å². The minimum Gasteiger partial charge on any atom is -0.311 e. The van der Waals surface area contributed by atoms with Crippen molar-refractivity contribution < 1.29 is 0 Å². The molecule has 2 atom stereocenters. The van der Waals surface area contributed by atoms with E-state index in [0.717, 1.165) is 39.7 Å². The summed E-state index contributed by atoms with van der Waals surface area (Å²) in [4.78, 5) is 4.70. The molecule has 0 heterocycles. The molecule has 0 spiro atoms. The second kappa shape index (κ2) is 19.5. The normalized spacial score (nSPS) is 15.5. The molecule has 0 saturated heterocycles. The van der Waals surface area contributed by atoms with Crippen molar-refractivity contribution in [1.29, 1.82) is 0 Å². The summed E-state index contributed by atoms with van der Waals surface area (Å²) in [5.41, 5.74) is 19.3. The van der Waals surface area contributed by atoms with Crippen molar-refractivity contribution in [2.24, 2.45) is 0 Å². The maximum atomic E-state index is 2.58. The molecule has 2 heteroatoms. The first-order valence-electron chi connectivity index (χ1n) is 24.3. The van der Waals surface area contributed by atoms with Gasteiger partial charge >= 0.3 is 0 Å². The predicted molar refractivity (Wildman–Crippen MR) is 296 cm³/mol. The molecule has 10 aromatic carbocycles. The third-order valence-corrected chi connectivity index (χ3v) is 13.9. The van der Waals surface area contributed by atoms with Crippen molar-refractivity contribution in [3.8, 4) is 0 Å². The Hall–Kier alpha value is -8.72. The minimum absolute atomic E-state index is 0.130.